The predicted octanol–water partition coefficient (Wildman–Crippen LogP) is 1.29. The molecule has 0 saturated carbocycles. The molecule has 8 heteroatoms. The summed E-state index contributed by atoms with van der Waals surface area (Å²) < 4.78 is 2.00. The van der Waals surface area contributed by atoms with Crippen LogP contribution in [0.5, 0.6) is 0 Å². The van der Waals surface area contributed by atoms with Gasteiger partial charge in [0.2, 0.25) is 0 Å². The molecule has 1 aliphatic rings. The van der Waals surface area contributed by atoms with Gasteiger partial charge in [-0.3, -0.25) is 14.7 Å². The Morgan fingerprint density at radius 1 is 1.15 bits per heavy atom. The van der Waals surface area contributed by atoms with Crippen molar-refractivity contribution in [3.05, 3.63) is 75.8 Å². The number of benzene rings is 1. The molecule has 2 aromatic heterocycles. The maximum absolute atomic E-state index is 6.04. The number of H-pyrrole nitrogens is 1. The first-order valence-corrected chi connectivity index (χ1v) is 12.2. The van der Waals surface area contributed by atoms with Crippen molar-refractivity contribution in [3.63, 3.8) is 0 Å². The largest absolute Gasteiger partial charge is 0.402 e. The van der Waals surface area contributed by atoms with Crippen LogP contribution in [0.25, 0.3) is 11.6 Å². The summed E-state index contributed by atoms with van der Waals surface area (Å²) in [6.45, 7) is 10.1. The van der Waals surface area contributed by atoms with Gasteiger partial charge < -0.3 is 11.1 Å². The van der Waals surface area contributed by atoms with Crippen molar-refractivity contribution in [3.8, 4) is 0 Å². The van der Waals surface area contributed by atoms with Gasteiger partial charge in [-0.05, 0) is 41.7 Å². The van der Waals surface area contributed by atoms with Crippen molar-refractivity contribution in [1.82, 2.24) is 35.4 Å². The van der Waals surface area contributed by atoms with Crippen molar-refractivity contribution in [1.29, 1.82) is 0 Å². The zero-order chi connectivity index (χ0) is 23.8. The molecule has 0 spiro atoms. The first-order chi connectivity index (χ1) is 16.6. The number of nitrogens with zero attached hydrogens (tertiary/aromatic N) is 5. The monoisotopic (exact) mass is 460 g/mol. The molecule has 0 unspecified atom stereocenters. The Morgan fingerprint density at radius 2 is 1.94 bits per heavy atom. The second kappa shape index (κ2) is 11.8. The zero-order valence-corrected chi connectivity index (χ0v) is 20.3. The standard InChI is InChI=1S/C26H36N8/c1-3-4-8-25-26(31-32-30-25)24(13-20(2)27)15-23-16-29-34(19-23)18-22-7-5-6-21(14-22)17-33-11-9-28-10-12-33/h5-8,13-14,16,19,28H,3-4,9-12,15,17-18,27H2,1-2H3,(H,30,31)/b20-13+,25-8-,26-24-. The molecule has 34 heavy (non-hydrogen) atoms. The average molecular weight is 461 g/mol. The fourth-order valence-corrected chi connectivity index (χ4v) is 4.33. The van der Waals surface area contributed by atoms with Crippen LogP contribution in [0.1, 0.15) is 43.4 Å². The Morgan fingerprint density at radius 3 is 2.71 bits per heavy atom. The van der Waals surface area contributed by atoms with Gasteiger partial charge in [0, 0.05) is 51.0 Å². The topological polar surface area (TPSA) is 101 Å². The van der Waals surface area contributed by atoms with E-state index < -0.39 is 0 Å². The molecule has 0 amide bonds. The van der Waals surface area contributed by atoms with Crippen LogP contribution in [-0.2, 0) is 19.5 Å². The minimum atomic E-state index is 0.692. The number of nitrogens with two attached hydrogens (primary N) is 1. The summed E-state index contributed by atoms with van der Waals surface area (Å²) in [4.78, 5) is 2.50. The van der Waals surface area contributed by atoms with E-state index >= 15 is 0 Å². The van der Waals surface area contributed by atoms with Gasteiger partial charge in [-0.15, -0.1) is 5.10 Å². The number of hydrogen-bond donors (Lipinski definition) is 3. The van der Waals surface area contributed by atoms with E-state index in [4.69, 9.17) is 5.73 Å². The molecule has 0 atom stereocenters. The van der Waals surface area contributed by atoms with Crippen LogP contribution < -0.4 is 21.7 Å². The number of allylic oxidation sites excluding steroid dienone is 2. The molecule has 1 saturated heterocycles. The van der Waals surface area contributed by atoms with Gasteiger partial charge in [-0.25, -0.2) is 0 Å². The average Bonchev–Trinajstić information content (AvgIpc) is 3.47. The van der Waals surface area contributed by atoms with Crippen molar-refractivity contribution in [2.45, 2.75) is 46.2 Å². The first-order valence-electron chi connectivity index (χ1n) is 12.2. The predicted molar refractivity (Wildman–Crippen MR) is 136 cm³/mol. The van der Waals surface area contributed by atoms with Crippen LogP contribution >= 0.6 is 0 Å². The molecule has 3 aromatic rings. The van der Waals surface area contributed by atoms with E-state index in [1.54, 1.807) is 0 Å². The van der Waals surface area contributed by atoms with E-state index in [9.17, 15) is 0 Å². The molecule has 180 valence electrons. The Labute approximate surface area is 201 Å². The SMILES string of the molecule is CCC\C=c1/[nH]nn/c1=C(/C=C(\C)N)Cc1cnn(Cc2cccc(CN3CCNCC3)c2)c1. The van der Waals surface area contributed by atoms with Gasteiger partial charge in [-0.2, -0.15) is 5.10 Å². The summed E-state index contributed by atoms with van der Waals surface area (Å²) in [6.07, 6.45) is 10.9. The Bertz CT molecular complexity index is 1210. The van der Waals surface area contributed by atoms with Gasteiger partial charge in [0.05, 0.1) is 18.1 Å². The number of aromatic amines is 1. The van der Waals surface area contributed by atoms with Crippen molar-refractivity contribution < 1.29 is 0 Å². The van der Waals surface area contributed by atoms with Gasteiger partial charge in [0.1, 0.15) is 5.35 Å². The molecule has 1 fully saturated rings. The van der Waals surface area contributed by atoms with Crippen LogP contribution in [0, 0.1) is 0 Å². The Hall–Kier alpha value is -3.23. The maximum atomic E-state index is 6.04. The lowest BCUT2D eigenvalue weighted by Crippen LogP contribution is -2.42. The van der Waals surface area contributed by atoms with Gasteiger partial charge >= 0.3 is 0 Å². The summed E-state index contributed by atoms with van der Waals surface area (Å²) in [6, 6.07) is 8.84. The van der Waals surface area contributed by atoms with Crippen molar-refractivity contribution in [2.75, 3.05) is 26.2 Å². The van der Waals surface area contributed by atoms with E-state index in [1.165, 1.54) is 11.1 Å². The minimum absolute atomic E-state index is 0.692. The number of aromatic nitrogens is 5. The highest BCUT2D eigenvalue weighted by Gasteiger charge is 2.10. The third-order valence-electron chi connectivity index (χ3n) is 5.95. The fraction of sp³-hybridized carbons (Fsp3) is 0.423. The van der Waals surface area contributed by atoms with Gasteiger partial charge in [-0.1, -0.05) is 48.9 Å². The van der Waals surface area contributed by atoms with E-state index in [0.717, 1.165) is 79.6 Å². The van der Waals surface area contributed by atoms with Gasteiger partial charge in [0.25, 0.3) is 0 Å². The summed E-state index contributed by atoms with van der Waals surface area (Å²) in [5, 5.41) is 21.2. The minimum Gasteiger partial charge on any atom is -0.402 e. The van der Waals surface area contributed by atoms with Crippen LogP contribution in [-0.4, -0.2) is 56.3 Å². The van der Waals surface area contributed by atoms with E-state index in [2.05, 4.69) is 74.2 Å². The number of nitrogens with one attached hydrogen (secondary N) is 2. The highest BCUT2D eigenvalue weighted by molar-refractivity contribution is 5.59. The van der Waals surface area contributed by atoms with E-state index in [-0.39, 0.29) is 0 Å². The van der Waals surface area contributed by atoms with Gasteiger partial charge in [0.15, 0.2) is 0 Å². The molecule has 3 heterocycles. The smallest absolute Gasteiger partial charge is 0.116 e. The number of unbranched alkanes of at least 4 members (excludes halogenated alkanes) is 1. The molecule has 1 aliphatic heterocycles. The molecular formula is C26H36N8. The summed E-state index contributed by atoms with van der Waals surface area (Å²) >= 11 is 0. The summed E-state index contributed by atoms with van der Waals surface area (Å²) in [5.41, 5.74) is 11.6. The lowest BCUT2D eigenvalue weighted by atomic mass is 10.1. The van der Waals surface area contributed by atoms with Crippen LogP contribution in [0.15, 0.2) is 48.4 Å². The maximum Gasteiger partial charge on any atom is 0.116 e. The third-order valence-corrected chi connectivity index (χ3v) is 5.95. The second-order valence-corrected chi connectivity index (χ2v) is 9.05. The summed E-state index contributed by atoms with van der Waals surface area (Å²) in [7, 11) is 0. The lowest BCUT2D eigenvalue weighted by molar-refractivity contribution is 0.233. The number of piperazine rings is 1. The fourth-order valence-electron chi connectivity index (χ4n) is 4.33. The molecule has 0 aliphatic carbocycles. The van der Waals surface area contributed by atoms with Crippen LogP contribution in [0.4, 0.5) is 0 Å². The number of rotatable bonds is 9. The quantitative estimate of drug-likeness (QED) is 0.445. The first kappa shape index (κ1) is 23.9. The molecular weight excluding hydrogens is 424 g/mol. The van der Waals surface area contributed by atoms with E-state index in [0.29, 0.717) is 6.42 Å². The normalized spacial score (nSPS) is 16.8. The lowest BCUT2D eigenvalue weighted by Gasteiger charge is -2.27. The molecule has 1 aromatic carbocycles. The Kier molecular flexibility index (Phi) is 8.27. The molecule has 8 nitrogen and oxygen atoms in total. The van der Waals surface area contributed by atoms with E-state index in [1.807, 2.05) is 23.9 Å². The van der Waals surface area contributed by atoms with Crippen molar-refractivity contribution in [2.24, 2.45) is 5.73 Å². The molecule has 0 bridgehead atoms. The zero-order valence-electron chi connectivity index (χ0n) is 20.3. The molecule has 4 rings (SSSR count). The van der Waals surface area contributed by atoms with Crippen molar-refractivity contribution >= 4 is 11.6 Å². The summed E-state index contributed by atoms with van der Waals surface area (Å²) in [5.74, 6) is 0. The Balaban J connectivity index is 1.50. The molecule has 4 N–H and O–H groups in total. The van der Waals surface area contributed by atoms with Crippen LogP contribution in [0.3, 0.4) is 0 Å². The van der Waals surface area contributed by atoms with Crippen LogP contribution in [0.2, 0.25) is 0 Å². The molecule has 0 radical (unpaired) electrons. The second-order valence-electron chi connectivity index (χ2n) is 9.05. The number of hydrogen-bond acceptors (Lipinski definition) is 6. The third kappa shape index (κ3) is 6.65. The highest BCUT2D eigenvalue weighted by atomic mass is 15.3. The highest BCUT2D eigenvalue weighted by Crippen LogP contribution is 2.13.